The van der Waals surface area contributed by atoms with Crippen molar-refractivity contribution >= 4 is 47.2 Å². The Balaban J connectivity index is 0.00000364. The molecule has 148 valence electrons. The Kier molecular flexibility index (Phi) is 10.4. The van der Waals surface area contributed by atoms with Crippen LogP contribution in [0.25, 0.3) is 0 Å². The van der Waals surface area contributed by atoms with E-state index in [4.69, 9.17) is 0 Å². The van der Waals surface area contributed by atoms with Crippen LogP contribution in [-0.4, -0.2) is 43.4 Å². The topological polar surface area (TPSA) is 56.7 Å². The van der Waals surface area contributed by atoms with Gasteiger partial charge >= 0.3 is 0 Å². The molecule has 1 aromatic carbocycles. The number of hydrogen-bond acceptors (Lipinski definition) is 3. The van der Waals surface area contributed by atoms with Crippen molar-refractivity contribution in [2.24, 2.45) is 4.99 Å². The molecule has 5 nitrogen and oxygen atoms in total. The van der Waals surface area contributed by atoms with Crippen molar-refractivity contribution in [3.05, 3.63) is 57.8 Å². The molecule has 1 aromatic heterocycles. The number of nitrogens with zero attached hydrogens (tertiary/aromatic N) is 2. The van der Waals surface area contributed by atoms with Gasteiger partial charge in [-0.3, -0.25) is 4.79 Å². The van der Waals surface area contributed by atoms with Gasteiger partial charge in [0.25, 0.3) is 0 Å². The van der Waals surface area contributed by atoms with E-state index in [2.05, 4.69) is 41.6 Å². The third-order valence-electron chi connectivity index (χ3n) is 3.85. The molecule has 0 aliphatic rings. The van der Waals surface area contributed by atoms with Gasteiger partial charge in [-0.15, -0.1) is 35.3 Å². The van der Waals surface area contributed by atoms with Gasteiger partial charge in [0.1, 0.15) is 0 Å². The number of thiophene rings is 1. The molecule has 2 N–H and O–H groups in total. The van der Waals surface area contributed by atoms with Crippen LogP contribution < -0.4 is 10.6 Å². The van der Waals surface area contributed by atoms with Gasteiger partial charge in [-0.05, 0) is 31.5 Å². The van der Waals surface area contributed by atoms with Gasteiger partial charge in [0.05, 0.1) is 13.1 Å². The lowest BCUT2D eigenvalue weighted by Crippen LogP contribution is -2.46. The van der Waals surface area contributed by atoms with Crippen LogP contribution in [0.4, 0.5) is 0 Å². The fraction of sp³-hybridized carbons (Fsp3) is 0.400. The van der Waals surface area contributed by atoms with E-state index >= 15 is 0 Å². The molecule has 0 radical (unpaired) electrons. The first kappa shape index (κ1) is 23.4. The number of likely N-dealkylation sites (N-methyl/N-ethyl adjacent to an activating group) is 1. The molecule has 1 heterocycles. The first-order chi connectivity index (χ1) is 12.4. The fourth-order valence-electron chi connectivity index (χ4n) is 2.40. The van der Waals surface area contributed by atoms with Crippen molar-refractivity contribution in [1.82, 2.24) is 15.5 Å². The lowest BCUT2D eigenvalue weighted by Gasteiger charge is -2.19. The second-order valence-electron chi connectivity index (χ2n) is 6.55. The highest BCUT2D eigenvalue weighted by Gasteiger charge is 2.10. The van der Waals surface area contributed by atoms with Crippen molar-refractivity contribution < 1.29 is 4.79 Å². The summed E-state index contributed by atoms with van der Waals surface area (Å²) in [7, 11) is 3.50. The average molecular weight is 500 g/mol. The van der Waals surface area contributed by atoms with E-state index in [0.717, 1.165) is 12.0 Å². The van der Waals surface area contributed by atoms with Crippen molar-refractivity contribution in [2.75, 3.05) is 20.6 Å². The summed E-state index contributed by atoms with van der Waals surface area (Å²) in [4.78, 5) is 20.8. The van der Waals surface area contributed by atoms with Gasteiger partial charge in [-0.25, -0.2) is 4.99 Å². The lowest BCUT2D eigenvalue weighted by atomic mass is 10.2. The molecule has 0 aliphatic heterocycles. The maximum Gasteiger partial charge on any atom is 0.241 e. The van der Waals surface area contributed by atoms with Crippen LogP contribution in [0, 0.1) is 6.92 Å². The number of hydrogen-bond donors (Lipinski definition) is 2. The SMILES string of the molecule is Cc1ccc(CC(C)NC(=NCc2ccccc2)NCC(=O)N(C)C)s1.I. The van der Waals surface area contributed by atoms with Gasteiger partial charge in [-0.2, -0.15) is 0 Å². The van der Waals surface area contributed by atoms with Crippen LogP contribution in [-0.2, 0) is 17.8 Å². The number of aryl methyl sites for hydroxylation is 1. The van der Waals surface area contributed by atoms with Crippen LogP contribution in [0.3, 0.4) is 0 Å². The highest BCUT2D eigenvalue weighted by Crippen LogP contribution is 2.16. The average Bonchev–Trinajstić information content (AvgIpc) is 3.02. The molecule has 0 saturated carbocycles. The Morgan fingerprint density at radius 2 is 1.89 bits per heavy atom. The maximum absolute atomic E-state index is 11.9. The van der Waals surface area contributed by atoms with Gasteiger partial charge in [0, 0.05) is 36.3 Å². The fourth-order valence-corrected chi connectivity index (χ4v) is 3.42. The molecule has 0 spiro atoms. The summed E-state index contributed by atoms with van der Waals surface area (Å²) in [6.07, 6.45) is 0.923. The number of halogens is 1. The smallest absolute Gasteiger partial charge is 0.241 e. The zero-order valence-electron chi connectivity index (χ0n) is 16.4. The molecule has 0 aliphatic carbocycles. The Morgan fingerprint density at radius 3 is 2.48 bits per heavy atom. The second-order valence-corrected chi connectivity index (χ2v) is 7.93. The molecule has 2 rings (SSSR count). The monoisotopic (exact) mass is 500 g/mol. The molecule has 1 atom stereocenters. The van der Waals surface area contributed by atoms with E-state index in [9.17, 15) is 4.79 Å². The minimum atomic E-state index is 0. The normalized spacial score (nSPS) is 12.1. The number of aliphatic imine (C=N–C) groups is 1. The van der Waals surface area contributed by atoms with Crippen molar-refractivity contribution in [2.45, 2.75) is 32.9 Å². The standard InChI is InChI=1S/C20H28N4OS.HI/c1-15(12-18-11-10-16(2)26-18)23-20(22-14-19(25)24(3)4)21-13-17-8-6-5-7-9-17;/h5-11,15H,12-14H2,1-4H3,(H2,21,22,23);1H. The van der Waals surface area contributed by atoms with Crippen LogP contribution in [0.1, 0.15) is 22.2 Å². The predicted molar refractivity (Wildman–Crippen MR) is 125 cm³/mol. The first-order valence-corrected chi connectivity index (χ1v) is 9.60. The molecule has 0 fully saturated rings. The Hall–Kier alpha value is -1.61. The molecule has 0 saturated heterocycles. The number of carbonyl (C=O) groups excluding carboxylic acids is 1. The summed E-state index contributed by atoms with van der Waals surface area (Å²) < 4.78 is 0. The molecule has 2 aromatic rings. The van der Waals surface area contributed by atoms with Gasteiger partial charge in [-0.1, -0.05) is 30.3 Å². The first-order valence-electron chi connectivity index (χ1n) is 8.78. The van der Waals surface area contributed by atoms with E-state index in [1.807, 2.05) is 41.7 Å². The maximum atomic E-state index is 11.9. The second kappa shape index (κ2) is 12.0. The Morgan fingerprint density at radius 1 is 1.19 bits per heavy atom. The summed E-state index contributed by atoms with van der Waals surface area (Å²) in [5.74, 6) is 0.672. The van der Waals surface area contributed by atoms with E-state index in [0.29, 0.717) is 12.5 Å². The molecule has 7 heteroatoms. The summed E-state index contributed by atoms with van der Waals surface area (Å²) >= 11 is 1.81. The van der Waals surface area contributed by atoms with E-state index in [1.54, 1.807) is 19.0 Å². The van der Waals surface area contributed by atoms with Gasteiger partial charge < -0.3 is 15.5 Å². The third kappa shape index (κ3) is 8.75. The lowest BCUT2D eigenvalue weighted by molar-refractivity contribution is -0.127. The highest BCUT2D eigenvalue weighted by molar-refractivity contribution is 14.0. The Bertz CT molecular complexity index is 731. The van der Waals surface area contributed by atoms with Crippen molar-refractivity contribution in [1.29, 1.82) is 0 Å². The Labute approximate surface area is 183 Å². The van der Waals surface area contributed by atoms with Crippen LogP contribution in [0.15, 0.2) is 47.5 Å². The molecule has 0 bridgehead atoms. The number of benzene rings is 1. The predicted octanol–water partition coefficient (Wildman–Crippen LogP) is 3.43. The molecule has 1 amide bonds. The molecular weight excluding hydrogens is 471 g/mol. The third-order valence-corrected chi connectivity index (χ3v) is 4.88. The largest absolute Gasteiger partial charge is 0.354 e. The molecule has 27 heavy (non-hydrogen) atoms. The van der Waals surface area contributed by atoms with E-state index in [1.165, 1.54) is 9.75 Å². The van der Waals surface area contributed by atoms with Crippen LogP contribution >= 0.6 is 35.3 Å². The highest BCUT2D eigenvalue weighted by atomic mass is 127. The molecular formula is C20H29IN4OS. The van der Waals surface area contributed by atoms with Gasteiger partial charge in [0.15, 0.2) is 5.96 Å². The van der Waals surface area contributed by atoms with E-state index < -0.39 is 0 Å². The summed E-state index contributed by atoms with van der Waals surface area (Å²) in [5.41, 5.74) is 1.13. The summed E-state index contributed by atoms with van der Waals surface area (Å²) in [6, 6.07) is 14.6. The minimum Gasteiger partial charge on any atom is -0.354 e. The summed E-state index contributed by atoms with van der Waals surface area (Å²) in [6.45, 7) is 5.03. The van der Waals surface area contributed by atoms with Gasteiger partial charge in [0.2, 0.25) is 5.91 Å². The number of nitrogens with one attached hydrogen (secondary N) is 2. The quantitative estimate of drug-likeness (QED) is 0.348. The van der Waals surface area contributed by atoms with Crippen LogP contribution in [0.5, 0.6) is 0 Å². The zero-order valence-corrected chi connectivity index (χ0v) is 19.5. The number of carbonyl (C=O) groups is 1. The molecule has 1 unspecified atom stereocenters. The van der Waals surface area contributed by atoms with Crippen molar-refractivity contribution in [3.63, 3.8) is 0 Å². The van der Waals surface area contributed by atoms with Crippen molar-refractivity contribution in [3.8, 4) is 0 Å². The summed E-state index contributed by atoms with van der Waals surface area (Å²) in [5, 5.41) is 6.56. The number of rotatable bonds is 7. The minimum absolute atomic E-state index is 0. The van der Waals surface area contributed by atoms with Crippen LogP contribution in [0.2, 0.25) is 0 Å². The zero-order chi connectivity index (χ0) is 18.9. The number of amides is 1. The number of guanidine groups is 1. The van der Waals surface area contributed by atoms with E-state index in [-0.39, 0.29) is 42.5 Å².